The molecule has 2 amide bonds. The molecule has 9 heteroatoms. The molecule has 2 rings (SSSR count). The highest BCUT2D eigenvalue weighted by Gasteiger charge is 2.18. The number of thioether (sulfide) groups is 1. The Hall–Kier alpha value is -2.39. The van der Waals surface area contributed by atoms with E-state index in [0.717, 1.165) is 16.2 Å². The molecule has 0 spiro atoms. The average molecular weight is 469 g/mol. The highest BCUT2D eigenvalue weighted by molar-refractivity contribution is 9.10. The molecule has 1 unspecified atom stereocenters. The molecule has 0 aliphatic heterocycles. The van der Waals surface area contributed by atoms with Crippen LogP contribution in [0.3, 0.4) is 0 Å². The lowest BCUT2D eigenvalue weighted by Crippen LogP contribution is -2.26. The van der Waals surface area contributed by atoms with Crippen LogP contribution in [-0.4, -0.2) is 35.4 Å². The first-order chi connectivity index (χ1) is 13.3. The van der Waals surface area contributed by atoms with Gasteiger partial charge in [0.2, 0.25) is 5.91 Å². The number of ether oxygens (including phenoxy) is 1. The summed E-state index contributed by atoms with van der Waals surface area (Å²) in [6, 6.07) is 12.3. The minimum Gasteiger partial charge on any atom is -0.455 e. The fourth-order valence-electron chi connectivity index (χ4n) is 1.98. The van der Waals surface area contributed by atoms with E-state index < -0.39 is 29.6 Å². The first kappa shape index (κ1) is 21.9. The van der Waals surface area contributed by atoms with E-state index in [9.17, 15) is 18.8 Å². The lowest BCUT2D eigenvalue weighted by Gasteiger charge is -2.11. The van der Waals surface area contributed by atoms with Gasteiger partial charge in [0.1, 0.15) is 11.1 Å². The number of benzene rings is 2. The van der Waals surface area contributed by atoms with Gasteiger partial charge in [0.05, 0.1) is 5.75 Å². The first-order valence-electron chi connectivity index (χ1n) is 8.22. The van der Waals surface area contributed by atoms with Gasteiger partial charge in [-0.3, -0.25) is 14.4 Å². The van der Waals surface area contributed by atoms with Crippen LogP contribution in [0.5, 0.6) is 0 Å². The quantitative estimate of drug-likeness (QED) is 0.575. The summed E-state index contributed by atoms with van der Waals surface area (Å²) < 4.78 is 18.7. The van der Waals surface area contributed by atoms with E-state index in [1.54, 1.807) is 31.2 Å². The maximum absolute atomic E-state index is 12.8. The molecule has 1 atom stereocenters. The number of hydrogen-bond donors (Lipinski definition) is 2. The third-order valence-electron chi connectivity index (χ3n) is 3.40. The number of halogens is 2. The van der Waals surface area contributed by atoms with Gasteiger partial charge in [-0.05, 0) is 55.5 Å². The standard InChI is InChI=1S/C19H18BrFN2O4S/c1-12(28-11-18(25)23-16-8-4-14(21)5-9-16)19(26)27-10-17(24)22-15-6-2-13(20)3-7-15/h2-9,12H,10-11H2,1H3,(H,22,24)(H,23,25). The smallest absolute Gasteiger partial charge is 0.319 e. The predicted molar refractivity (Wildman–Crippen MR) is 111 cm³/mol. The fourth-order valence-corrected chi connectivity index (χ4v) is 2.93. The summed E-state index contributed by atoms with van der Waals surface area (Å²) in [4.78, 5) is 35.6. The zero-order valence-corrected chi connectivity index (χ0v) is 17.3. The van der Waals surface area contributed by atoms with Crippen LogP contribution in [0.15, 0.2) is 53.0 Å². The van der Waals surface area contributed by atoms with E-state index in [4.69, 9.17) is 4.74 Å². The van der Waals surface area contributed by atoms with E-state index in [-0.39, 0.29) is 11.7 Å². The number of amides is 2. The van der Waals surface area contributed by atoms with Gasteiger partial charge in [0.15, 0.2) is 6.61 Å². The van der Waals surface area contributed by atoms with Gasteiger partial charge in [-0.1, -0.05) is 15.9 Å². The van der Waals surface area contributed by atoms with Gasteiger partial charge in [-0.2, -0.15) is 0 Å². The van der Waals surface area contributed by atoms with Crippen molar-refractivity contribution in [3.8, 4) is 0 Å². The minimum atomic E-state index is -0.626. The number of carbonyl (C=O) groups excluding carboxylic acids is 3. The number of rotatable bonds is 8. The molecule has 0 saturated heterocycles. The Morgan fingerprint density at radius 1 is 1.00 bits per heavy atom. The van der Waals surface area contributed by atoms with Crippen LogP contribution in [0, 0.1) is 5.82 Å². The zero-order valence-electron chi connectivity index (χ0n) is 14.9. The molecule has 148 valence electrons. The second kappa shape index (κ2) is 10.8. The van der Waals surface area contributed by atoms with Crippen LogP contribution in [0.25, 0.3) is 0 Å². The van der Waals surface area contributed by atoms with Gasteiger partial charge in [0.25, 0.3) is 5.91 Å². The summed E-state index contributed by atoms with van der Waals surface area (Å²) >= 11 is 4.37. The van der Waals surface area contributed by atoms with Crippen molar-refractivity contribution in [2.24, 2.45) is 0 Å². The number of esters is 1. The third kappa shape index (κ3) is 7.69. The maximum atomic E-state index is 12.8. The van der Waals surface area contributed by atoms with Crippen molar-refractivity contribution in [2.45, 2.75) is 12.2 Å². The molecule has 2 aromatic carbocycles. The van der Waals surface area contributed by atoms with Crippen molar-refractivity contribution in [3.05, 3.63) is 58.8 Å². The number of nitrogens with one attached hydrogen (secondary N) is 2. The average Bonchev–Trinajstić information content (AvgIpc) is 2.67. The fraction of sp³-hybridized carbons (Fsp3) is 0.211. The van der Waals surface area contributed by atoms with E-state index >= 15 is 0 Å². The largest absolute Gasteiger partial charge is 0.455 e. The molecule has 0 bridgehead atoms. The normalized spacial score (nSPS) is 11.4. The second-order valence-corrected chi connectivity index (χ2v) is 7.92. The molecule has 0 saturated carbocycles. The maximum Gasteiger partial charge on any atom is 0.319 e. The van der Waals surface area contributed by atoms with Crippen LogP contribution < -0.4 is 10.6 Å². The molecular formula is C19H18BrFN2O4S. The number of carbonyl (C=O) groups is 3. The van der Waals surface area contributed by atoms with Crippen molar-refractivity contribution in [1.29, 1.82) is 0 Å². The summed E-state index contributed by atoms with van der Waals surface area (Å²) in [6.45, 7) is 1.17. The monoisotopic (exact) mass is 468 g/mol. The molecule has 2 aromatic rings. The summed E-state index contributed by atoms with van der Waals surface area (Å²) in [7, 11) is 0. The summed E-state index contributed by atoms with van der Waals surface area (Å²) in [5.41, 5.74) is 1.05. The van der Waals surface area contributed by atoms with Crippen molar-refractivity contribution in [3.63, 3.8) is 0 Å². The molecule has 0 aliphatic rings. The van der Waals surface area contributed by atoms with E-state index in [1.807, 2.05) is 0 Å². The molecule has 0 aromatic heterocycles. The van der Waals surface area contributed by atoms with E-state index in [0.29, 0.717) is 11.4 Å². The Morgan fingerprint density at radius 2 is 1.54 bits per heavy atom. The summed E-state index contributed by atoms with van der Waals surface area (Å²) in [5, 5.41) is 4.58. The molecular weight excluding hydrogens is 451 g/mol. The van der Waals surface area contributed by atoms with Crippen LogP contribution >= 0.6 is 27.7 Å². The summed E-state index contributed by atoms with van der Waals surface area (Å²) in [6.07, 6.45) is 0. The van der Waals surface area contributed by atoms with Gasteiger partial charge in [0, 0.05) is 15.8 Å². The van der Waals surface area contributed by atoms with Gasteiger partial charge >= 0.3 is 5.97 Å². The Bertz CT molecular complexity index is 831. The lowest BCUT2D eigenvalue weighted by atomic mass is 10.3. The van der Waals surface area contributed by atoms with Crippen LogP contribution in [0.4, 0.5) is 15.8 Å². The molecule has 0 fully saturated rings. The Balaban J connectivity index is 1.68. The van der Waals surface area contributed by atoms with Gasteiger partial charge in [-0.25, -0.2) is 4.39 Å². The Morgan fingerprint density at radius 3 is 2.14 bits per heavy atom. The third-order valence-corrected chi connectivity index (χ3v) is 5.05. The second-order valence-electron chi connectivity index (χ2n) is 5.67. The molecule has 0 aliphatic carbocycles. The van der Waals surface area contributed by atoms with Crippen LogP contribution in [0.2, 0.25) is 0 Å². The topological polar surface area (TPSA) is 84.5 Å². The Labute approximate surface area is 174 Å². The molecule has 0 heterocycles. The number of hydrogen-bond acceptors (Lipinski definition) is 5. The van der Waals surface area contributed by atoms with Gasteiger partial charge < -0.3 is 15.4 Å². The summed E-state index contributed by atoms with van der Waals surface area (Å²) in [5.74, 6) is -1.76. The van der Waals surface area contributed by atoms with Gasteiger partial charge in [-0.15, -0.1) is 11.8 Å². The van der Waals surface area contributed by atoms with E-state index in [2.05, 4.69) is 26.6 Å². The van der Waals surface area contributed by atoms with Crippen molar-refractivity contribution < 1.29 is 23.5 Å². The highest BCUT2D eigenvalue weighted by Crippen LogP contribution is 2.15. The molecule has 6 nitrogen and oxygen atoms in total. The van der Waals surface area contributed by atoms with E-state index in [1.165, 1.54) is 24.3 Å². The number of anilines is 2. The first-order valence-corrected chi connectivity index (χ1v) is 10.1. The van der Waals surface area contributed by atoms with Crippen LogP contribution in [-0.2, 0) is 19.1 Å². The Kier molecular flexibility index (Phi) is 8.46. The zero-order chi connectivity index (χ0) is 20.5. The van der Waals surface area contributed by atoms with Crippen molar-refractivity contribution in [2.75, 3.05) is 23.0 Å². The minimum absolute atomic E-state index is 0.0126. The molecule has 2 N–H and O–H groups in total. The highest BCUT2D eigenvalue weighted by atomic mass is 79.9. The molecule has 28 heavy (non-hydrogen) atoms. The van der Waals surface area contributed by atoms with Crippen molar-refractivity contribution >= 4 is 56.9 Å². The van der Waals surface area contributed by atoms with Crippen LogP contribution in [0.1, 0.15) is 6.92 Å². The molecule has 0 radical (unpaired) electrons. The lowest BCUT2D eigenvalue weighted by molar-refractivity contribution is -0.146. The predicted octanol–water partition coefficient (Wildman–Crippen LogP) is 3.83. The SMILES string of the molecule is CC(SCC(=O)Nc1ccc(F)cc1)C(=O)OCC(=O)Nc1ccc(Br)cc1. The van der Waals surface area contributed by atoms with Crippen molar-refractivity contribution in [1.82, 2.24) is 0 Å².